The Morgan fingerprint density at radius 1 is 1.36 bits per heavy atom. The highest BCUT2D eigenvalue weighted by Crippen LogP contribution is 2.10. The molecule has 1 aliphatic heterocycles. The smallest absolute Gasteiger partial charge is 0.318 e. The van der Waals surface area contributed by atoms with E-state index < -0.39 is 5.54 Å². The van der Waals surface area contributed by atoms with Crippen LogP contribution in [0.15, 0.2) is 0 Å². The van der Waals surface area contributed by atoms with E-state index in [9.17, 15) is 4.79 Å². The molecule has 0 aromatic heterocycles. The summed E-state index contributed by atoms with van der Waals surface area (Å²) in [6.45, 7) is 5.03. The summed E-state index contributed by atoms with van der Waals surface area (Å²) < 4.78 is 0. The van der Waals surface area contributed by atoms with E-state index in [2.05, 4.69) is 11.4 Å². The topological polar surface area (TPSA) is 56.1 Å². The monoisotopic (exact) mass is 195 g/mol. The molecule has 1 saturated heterocycles. The van der Waals surface area contributed by atoms with Crippen molar-refractivity contribution in [3.63, 3.8) is 0 Å². The van der Waals surface area contributed by atoms with Crippen LogP contribution in [0.3, 0.4) is 0 Å². The number of nitrogens with zero attached hydrogens (tertiary/aromatic N) is 2. The molecule has 4 heteroatoms. The van der Waals surface area contributed by atoms with E-state index in [0.717, 1.165) is 25.9 Å². The van der Waals surface area contributed by atoms with E-state index in [1.807, 2.05) is 0 Å². The van der Waals surface area contributed by atoms with Gasteiger partial charge in [-0.1, -0.05) is 0 Å². The van der Waals surface area contributed by atoms with Crippen LogP contribution >= 0.6 is 0 Å². The van der Waals surface area contributed by atoms with Crippen molar-refractivity contribution in [1.82, 2.24) is 10.2 Å². The molecule has 0 aliphatic carbocycles. The van der Waals surface area contributed by atoms with Gasteiger partial charge in [0, 0.05) is 13.1 Å². The number of carbonyl (C=O) groups excluding carboxylic acids is 1. The summed E-state index contributed by atoms with van der Waals surface area (Å²) in [7, 11) is 0. The standard InChI is InChI=1S/C10H17N3O/c1-10(2,8-11)12-9(14)13-6-4-3-5-7-13/h3-7H2,1-2H3,(H,12,14). The fraction of sp³-hybridized carbons (Fsp3) is 0.800. The average molecular weight is 195 g/mol. The minimum Gasteiger partial charge on any atom is -0.325 e. The molecule has 0 saturated carbocycles. The lowest BCUT2D eigenvalue weighted by atomic mass is 10.1. The summed E-state index contributed by atoms with van der Waals surface area (Å²) >= 11 is 0. The number of nitriles is 1. The van der Waals surface area contributed by atoms with E-state index in [1.165, 1.54) is 6.42 Å². The van der Waals surface area contributed by atoms with Crippen LogP contribution < -0.4 is 5.32 Å². The molecular weight excluding hydrogens is 178 g/mol. The molecule has 0 spiro atoms. The number of hydrogen-bond acceptors (Lipinski definition) is 2. The molecule has 78 valence electrons. The third kappa shape index (κ3) is 2.91. The fourth-order valence-corrected chi connectivity index (χ4v) is 1.47. The quantitative estimate of drug-likeness (QED) is 0.689. The van der Waals surface area contributed by atoms with Crippen molar-refractivity contribution in [2.75, 3.05) is 13.1 Å². The van der Waals surface area contributed by atoms with Gasteiger partial charge in [0.25, 0.3) is 0 Å². The summed E-state index contributed by atoms with van der Waals surface area (Å²) in [6, 6.07) is 1.94. The molecule has 0 unspecified atom stereocenters. The van der Waals surface area contributed by atoms with Crippen LogP contribution in [0.4, 0.5) is 4.79 Å². The largest absolute Gasteiger partial charge is 0.325 e. The van der Waals surface area contributed by atoms with Gasteiger partial charge in [0.2, 0.25) is 0 Å². The highest BCUT2D eigenvalue weighted by molar-refractivity contribution is 5.75. The summed E-state index contributed by atoms with van der Waals surface area (Å²) in [6.07, 6.45) is 3.34. The zero-order chi connectivity index (χ0) is 10.6. The zero-order valence-corrected chi connectivity index (χ0v) is 8.84. The van der Waals surface area contributed by atoms with E-state index in [1.54, 1.807) is 18.7 Å². The highest BCUT2D eigenvalue weighted by Gasteiger charge is 2.23. The number of piperidine rings is 1. The molecule has 1 N–H and O–H groups in total. The molecule has 1 fully saturated rings. The van der Waals surface area contributed by atoms with Gasteiger partial charge in [-0.2, -0.15) is 5.26 Å². The van der Waals surface area contributed by atoms with E-state index in [4.69, 9.17) is 5.26 Å². The lowest BCUT2D eigenvalue weighted by molar-refractivity contribution is 0.180. The Bertz CT molecular complexity index is 249. The Morgan fingerprint density at radius 3 is 2.43 bits per heavy atom. The molecule has 14 heavy (non-hydrogen) atoms. The molecule has 4 nitrogen and oxygen atoms in total. The fourth-order valence-electron chi connectivity index (χ4n) is 1.47. The molecule has 0 bridgehead atoms. The average Bonchev–Trinajstić information content (AvgIpc) is 2.19. The van der Waals surface area contributed by atoms with Crippen LogP contribution in [-0.4, -0.2) is 29.6 Å². The summed E-state index contributed by atoms with van der Waals surface area (Å²) in [5.41, 5.74) is -0.769. The van der Waals surface area contributed by atoms with Gasteiger partial charge in [-0.15, -0.1) is 0 Å². The third-order valence-corrected chi connectivity index (χ3v) is 2.34. The molecule has 1 heterocycles. The second-order valence-corrected chi connectivity index (χ2v) is 4.21. The van der Waals surface area contributed by atoms with Gasteiger partial charge in [0.05, 0.1) is 6.07 Å². The van der Waals surface area contributed by atoms with E-state index in [0.29, 0.717) is 0 Å². The van der Waals surface area contributed by atoms with Gasteiger partial charge in [-0.05, 0) is 33.1 Å². The van der Waals surface area contributed by atoms with Gasteiger partial charge >= 0.3 is 6.03 Å². The number of hydrogen-bond donors (Lipinski definition) is 1. The number of urea groups is 1. The third-order valence-electron chi connectivity index (χ3n) is 2.34. The maximum atomic E-state index is 11.6. The first-order valence-corrected chi connectivity index (χ1v) is 5.03. The molecule has 2 amide bonds. The van der Waals surface area contributed by atoms with Crippen molar-refractivity contribution in [2.24, 2.45) is 0 Å². The predicted octanol–water partition coefficient (Wildman–Crippen LogP) is 1.48. The van der Waals surface area contributed by atoms with Gasteiger partial charge in [0.15, 0.2) is 0 Å². The number of carbonyl (C=O) groups is 1. The minimum absolute atomic E-state index is 0.115. The molecule has 0 aromatic carbocycles. The van der Waals surface area contributed by atoms with Crippen LogP contribution in [0.25, 0.3) is 0 Å². The van der Waals surface area contributed by atoms with Crippen molar-refractivity contribution in [3.8, 4) is 6.07 Å². The van der Waals surface area contributed by atoms with E-state index in [-0.39, 0.29) is 6.03 Å². The Hall–Kier alpha value is -1.24. The Labute approximate surface area is 84.9 Å². The first-order valence-electron chi connectivity index (χ1n) is 5.03. The maximum Gasteiger partial charge on any atom is 0.318 e. The molecule has 0 aromatic rings. The molecular formula is C10H17N3O. The molecule has 0 atom stereocenters. The minimum atomic E-state index is -0.769. The lowest BCUT2D eigenvalue weighted by Crippen LogP contribution is -2.50. The predicted molar refractivity (Wildman–Crippen MR) is 53.6 cm³/mol. The normalized spacial score (nSPS) is 17.4. The Balaban J connectivity index is 2.45. The molecule has 0 radical (unpaired) electrons. The second-order valence-electron chi connectivity index (χ2n) is 4.21. The Morgan fingerprint density at radius 2 is 1.93 bits per heavy atom. The van der Waals surface area contributed by atoms with Crippen LogP contribution in [0.1, 0.15) is 33.1 Å². The summed E-state index contributed by atoms with van der Waals surface area (Å²) in [5, 5.41) is 11.5. The lowest BCUT2D eigenvalue weighted by Gasteiger charge is -2.29. The first kappa shape index (κ1) is 10.8. The summed E-state index contributed by atoms with van der Waals surface area (Å²) in [4.78, 5) is 13.4. The highest BCUT2D eigenvalue weighted by atomic mass is 16.2. The molecule has 1 rings (SSSR count). The molecule has 1 aliphatic rings. The van der Waals surface area contributed by atoms with Gasteiger partial charge in [-0.3, -0.25) is 0 Å². The van der Waals surface area contributed by atoms with Crippen molar-refractivity contribution < 1.29 is 4.79 Å². The number of likely N-dealkylation sites (tertiary alicyclic amines) is 1. The van der Waals surface area contributed by atoms with Crippen LogP contribution in [0, 0.1) is 11.3 Å². The number of rotatable bonds is 1. The first-order chi connectivity index (χ1) is 6.55. The number of nitrogens with one attached hydrogen (secondary N) is 1. The van der Waals surface area contributed by atoms with Gasteiger partial charge in [-0.25, -0.2) is 4.79 Å². The zero-order valence-electron chi connectivity index (χ0n) is 8.84. The van der Waals surface area contributed by atoms with Crippen molar-refractivity contribution in [3.05, 3.63) is 0 Å². The number of amides is 2. The summed E-state index contributed by atoms with van der Waals surface area (Å²) in [5.74, 6) is 0. The van der Waals surface area contributed by atoms with Crippen LogP contribution in [0.5, 0.6) is 0 Å². The van der Waals surface area contributed by atoms with Crippen LogP contribution in [0.2, 0.25) is 0 Å². The second kappa shape index (κ2) is 4.32. The van der Waals surface area contributed by atoms with Crippen LogP contribution in [-0.2, 0) is 0 Å². The van der Waals surface area contributed by atoms with Crippen molar-refractivity contribution in [1.29, 1.82) is 5.26 Å². The van der Waals surface area contributed by atoms with E-state index >= 15 is 0 Å². The van der Waals surface area contributed by atoms with Gasteiger partial charge in [0.1, 0.15) is 5.54 Å². The SMILES string of the molecule is CC(C)(C#N)NC(=O)N1CCCCC1. The van der Waals surface area contributed by atoms with Crippen molar-refractivity contribution in [2.45, 2.75) is 38.6 Å². The van der Waals surface area contributed by atoms with Crippen molar-refractivity contribution >= 4 is 6.03 Å². The maximum absolute atomic E-state index is 11.6. The Kier molecular flexibility index (Phi) is 3.34. The van der Waals surface area contributed by atoms with Gasteiger partial charge < -0.3 is 10.2 Å².